The van der Waals surface area contributed by atoms with Crippen LogP contribution in [0.5, 0.6) is 0 Å². The standard InChI is InChI=1S/C9H16O3/c1-8(5-6-10)12-9-4-2-3-7-11-9/h6,8-9H,2-5,7H2,1H3/t8-,9?/m1/s1. The summed E-state index contributed by atoms with van der Waals surface area (Å²) < 4.78 is 10.8. The van der Waals surface area contributed by atoms with Crippen LogP contribution < -0.4 is 0 Å². The maximum atomic E-state index is 10.1. The first kappa shape index (κ1) is 9.68. The summed E-state index contributed by atoms with van der Waals surface area (Å²) in [4.78, 5) is 10.1. The minimum Gasteiger partial charge on any atom is -0.353 e. The van der Waals surface area contributed by atoms with E-state index in [0.717, 1.165) is 25.7 Å². The minimum absolute atomic E-state index is 0.00870. The zero-order chi connectivity index (χ0) is 8.81. The van der Waals surface area contributed by atoms with E-state index < -0.39 is 0 Å². The Balaban J connectivity index is 2.15. The van der Waals surface area contributed by atoms with Crippen molar-refractivity contribution in [3.8, 4) is 0 Å². The lowest BCUT2D eigenvalue weighted by Crippen LogP contribution is -2.26. The monoisotopic (exact) mass is 172 g/mol. The summed E-state index contributed by atoms with van der Waals surface area (Å²) in [6.45, 7) is 2.69. The van der Waals surface area contributed by atoms with E-state index in [4.69, 9.17) is 9.47 Å². The highest BCUT2D eigenvalue weighted by atomic mass is 16.7. The lowest BCUT2D eigenvalue weighted by atomic mass is 10.2. The van der Waals surface area contributed by atoms with Crippen LogP contribution in [0, 0.1) is 0 Å². The molecule has 1 aliphatic heterocycles. The van der Waals surface area contributed by atoms with Crippen molar-refractivity contribution in [3.05, 3.63) is 0 Å². The van der Waals surface area contributed by atoms with Crippen LogP contribution in [-0.4, -0.2) is 25.3 Å². The molecular weight excluding hydrogens is 156 g/mol. The molecule has 0 aromatic carbocycles. The van der Waals surface area contributed by atoms with Crippen LogP contribution in [0.25, 0.3) is 0 Å². The molecule has 1 heterocycles. The number of hydrogen-bond donors (Lipinski definition) is 0. The Hall–Kier alpha value is -0.410. The van der Waals surface area contributed by atoms with Crippen LogP contribution in [0.2, 0.25) is 0 Å². The topological polar surface area (TPSA) is 35.5 Å². The Labute approximate surface area is 73.0 Å². The van der Waals surface area contributed by atoms with E-state index in [1.807, 2.05) is 6.92 Å². The normalized spacial score (nSPS) is 26.6. The van der Waals surface area contributed by atoms with Gasteiger partial charge in [0.15, 0.2) is 6.29 Å². The molecule has 3 heteroatoms. The van der Waals surface area contributed by atoms with Gasteiger partial charge in [-0.25, -0.2) is 0 Å². The van der Waals surface area contributed by atoms with Gasteiger partial charge in [-0.05, 0) is 26.2 Å². The second-order valence-electron chi connectivity index (χ2n) is 3.15. The van der Waals surface area contributed by atoms with E-state index in [2.05, 4.69) is 0 Å². The van der Waals surface area contributed by atoms with E-state index >= 15 is 0 Å². The zero-order valence-electron chi connectivity index (χ0n) is 7.49. The van der Waals surface area contributed by atoms with Gasteiger partial charge < -0.3 is 14.3 Å². The number of rotatable bonds is 4. The molecule has 1 rings (SSSR count). The maximum Gasteiger partial charge on any atom is 0.157 e. The van der Waals surface area contributed by atoms with E-state index in [1.165, 1.54) is 6.42 Å². The SMILES string of the molecule is C[C@H](CC=O)OC1CCCCO1. The van der Waals surface area contributed by atoms with Crippen LogP contribution in [0.4, 0.5) is 0 Å². The Bertz CT molecular complexity index is 130. The van der Waals surface area contributed by atoms with Gasteiger partial charge in [-0.15, -0.1) is 0 Å². The van der Waals surface area contributed by atoms with Gasteiger partial charge in [-0.3, -0.25) is 0 Å². The van der Waals surface area contributed by atoms with Crippen molar-refractivity contribution in [2.75, 3.05) is 6.61 Å². The summed E-state index contributed by atoms with van der Waals surface area (Å²) >= 11 is 0. The average molecular weight is 172 g/mol. The zero-order valence-corrected chi connectivity index (χ0v) is 7.49. The quantitative estimate of drug-likeness (QED) is 0.603. The molecule has 1 unspecified atom stereocenters. The van der Waals surface area contributed by atoms with Crippen molar-refractivity contribution in [1.29, 1.82) is 0 Å². The lowest BCUT2D eigenvalue weighted by Gasteiger charge is -2.25. The minimum atomic E-state index is -0.0753. The highest BCUT2D eigenvalue weighted by Gasteiger charge is 2.16. The van der Waals surface area contributed by atoms with E-state index in [-0.39, 0.29) is 12.4 Å². The summed E-state index contributed by atoms with van der Waals surface area (Å²) in [7, 11) is 0. The Morgan fingerprint density at radius 3 is 3.08 bits per heavy atom. The van der Waals surface area contributed by atoms with Gasteiger partial charge in [0.25, 0.3) is 0 Å². The number of carbonyl (C=O) groups excluding carboxylic acids is 1. The van der Waals surface area contributed by atoms with Crippen LogP contribution in [0.3, 0.4) is 0 Å². The van der Waals surface area contributed by atoms with Gasteiger partial charge in [-0.2, -0.15) is 0 Å². The smallest absolute Gasteiger partial charge is 0.157 e. The number of carbonyl (C=O) groups is 1. The van der Waals surface area contributed by atoms with Crippen LogP contribution in [0.1, 0.15) is 32.6 Å². The second kappa shape index (κ2) is 5.27. The van der Waals surface area contributed by atoms with Gasteiger partial charge in [0, 0.05) is 13.0 Å². The third-order valence-electron chi connectivity index (χ3n) is 1.95. The van der Waals surface area contributed by atoms with Crippen LogP contribution in [-0.2, 0) is 14.3 Å². The van der Waals surface area contributed by atoms with Gasteiger partial charge in [0.2, 0.25) is 0 Å². The largest absolute Gasteiger partial charge is 0.353 e. The van der Waals surface area contributed by atoms with E-state index in [1.54, 1.807) is 0 Å². The summed E-state index contributed by atoms with van der Waals surface area (Å²) in [5.74, 6) is 0. The molecule has 12 heavy (non-hydrogen) atoms. The van der Waals surface area contributed by atoms with Gasteiger partial charge in [-0.1, -0.05) is 0 Å². The predicted molar refractivity (Wildman–Crippen MR) is 44.8 cm³/mol. The molecule has 0 aliphatic carbocycles. The van der Waals surface area contributed by atoms with Crippen molar-refractivity contribution >= 4 is 6.29 Å². The summed E-state index contributed by atoms with van der Waals surface area (Å²) in [5.41, 5.74) is 0. The molecule has 0 radical (unpaired) electrons. The summed E-state index contributed by atoms with van der Waals surface area (Å²) in [6, 6.07) is 0. The predicted octanol–water partition coefficient (Wildman–Crippen LogP) is 1.51. The molecular formula is C9H16O3. The maximum absolute atomic E-state index is 10.1. The van der Waals surface area contributed by atoms with E-state index in [0.29, 0.717) is 6.42 Å². The van der Waals surface area contributed by atoms with Crippen molar-refractivity contribution < 1.29 is 14.3 Å². The fourth-order valence-corrected chi connectivity index (χ4v) is 1.27. The molecule has 0 N–H and O–H groups in total. The highest BCUT2D eigenvalue weighted by molar-refractivity contribution is 5.49. The molecule has 0 amide bonds. The number of hydrogen-bond acceptors (Lipinski definition) is 3. The molecule has 1 fully saturated rings. The van der Waals surface area contributed by atoms with Gasteiger partial charge in [0.1, 0.15) is 6.29 Å². The first-order chi connectivity index (χ1) is 5.83. The summed E-state index contributed by atoms with van der Waals surface area (Å²) in [6.07, 6.45) is 4.51. The van der Waals surface area contributed by atoms with Crippen molar-refractivity contribution in [2.24, 2.45) is 0 Å². The Morgan fingerprint density at radius 2 is 2.50 bits per heavy atom. The first-order valence-corrected chi connectivity index (χ1v) is 4.53. The molecule has 1 aliphatic rings. The molecule has 0 saturated carbocycles. The fraction of sp³-hybridized carbons (Fsp3) is 0.889. The average Bonchev–Trinajstić information content (AvgIpc) is 2.06. The Morgan fingerprint density at radius 1 is 1.67 bits per heavy atom. The molecule has 0 aromatic heterocycles. The van der Waals surface area contributed by atoms with Crippen LogP contribution in [0.15, 0.2) is 0 Å². The van der Waals surface area contributed by atoms with Gasteiger partial charge >= 0.3 is 0 Å². The summed E-state index contributed by atoms with van der Waals surface area (Å²) in [5, 5.41) is 0. The van der Waals surface area contributed by atoms with Crippen molar-refractivity contribution in [1.82, 2.24) is 0 Å². The highest BCUT2D eigenvalue weighted by Crippen LogP contribution is 2.15. The third-order valence-corrected chi connectivity index (χ3v) is 1.95. The molecule has 0 spiro atoms. The van der Waals surface area contributed by atoms with Crippen molar-refractivity contribution in [2.45, 2.75) is 45.0 Å². The molecule has 1 saturated heterocycles. The fourth-order valence-electron chi connectivity index (χ4n) is 1.27. The van der Waals surface area contributed by atoms with Gasteiger partial charge in [0.05, 0.1) is 6.10 Å². The number of ether oxygens (including phenoxy) is 2. The van der Waals surface area contributed by atoms with Crippen molar-refractivity contribution in [3.63, 3.8) is 0 Å². The second-order valence-corrected chi connectivity index (χ2v) is 3.15. The molecule has 3 nitrogen and oxygen atoms in total. The first-order valence-electron chi connectivity index (χ1n) is 4.53. The third kappa shape index (κ3) is 3.32. The Kier molecular flexibility index (Phi) is 4.25. The molecule has 70 valence electrons. The molecule has 2 atom stereocenters. The van der Waals surface area contributed by atoms with Crippen LogP contribution >= 0.6 is 0 Å². The molecule has 0 bridgehead atoms. The molecule has 0 aromatic rings. The van der Waals surface area contributed by atoms with E-state index in [9.17, 15) is 4.79 Å². The number of aldehydes is 1. The lowest BCUT2D eigenvalue weighted by molar-refractivity contribution is -0.184.